The largest absolute Gasteiger partial charge is 0.392 e. The fourth-order valence-corrected chi connectivity index (χ4v) is 1.19. The van der Waals surface area contributed by atoms with Crippen LogP contribution in [0.25, 0.3) is 0 Å². The van der Waals surface area contributed by atoms with Crippen LogP contribution in [-0.2, 0) is 11.4 Å². The molecule has 2 N–H and O–H groups in total. The van der Waals surface area contributed by atoms with Gasteiger partial charge in [0.05, 0.1) is 6.61 Å². The van der Waals surface area contributed by atoms with Gasteiger partial charge in [0.25, 0.3) is 0 Å². The van der Waals surface area contributed by atoms with Gasteiger partial charge in [0.2, 0.25) is 5.91 Å². The SMILES string of the molecule is CC(C)=CC(=O)Nc1cccc(CO)c1. The minimum atomic E-state index is -0.148. The Morgan fingerprint density at radius 2 is 2.20 bits per heavy atom. The molecule has 15 heavy (non-hydrogen) atoms. The van der Waals surface area contributed by atoms with E-state index in [-0.39, 0.29) is 12.5 Å². The number of carbonyl (C=O) groups excluding carboxylic acids is 1. The molecule has 0 atom stereocenters. The van der Waals surface area contributed by atoms with Gasteiger partial charge in [0, 0.05) is 11.8 Å². The lowest BCUT2D eigenvalue weighted by molar-refractivity contribution is -0.111. The van der Waals surface area contributed by atoms with Gasteiger partial charge in [-0.15, -0.1) is 0 Å². The highest BCUT2D eigenvalue weighted by Crippen LogP contribution is 2.10. The van der Waals surface area contributed by atoms with Crippen molar-refractivity contribution < 1.29 is 9.90 Å². The van der Waals surface area contributed by atoms with Gasteiger partial charge in [-0.25, -0.2) is 0 Å². The predicted octanol–water partition coefficient (Wildman–Crippen LogP) is 2.08. The quantitative estimate of drug-likeness (QED) is 0.742. The van der Waals surface area contributed by atoms with Gasteiger partial charge in [-0.05, 0) is 31.5 Å². The Morgan fingerprint density at radius 3 is 2.80 bits per heavy atom. The van der Waals surface area contributed by atoms with Gasteiger partial charge < -0.3 is 10.4 Å². The zero-order chi connectivity index (χ0) is 11.3. The summed E-state index contributed by atoms with van der Waals surface area (Å²) in [7, 11) is 0. The maximum atomic E-state index is 11.4. The first-order valence-electron chi connectivity index (χ1n) is 4.77. The van der Waals surface area contributed by atoms with Crippen LogP contribution in [0.3, 0.4) is 0 Å². The standard InChI is InChI=1S/C12H15NO2/c1-9(2)6-12(15)13-11-5-3-4-10(7-11)8-14/h3-7,14H,8H2,1-2H3,(H,13,15). The second kappa shape index (κ2) is 5.32. The fourth-order valence-electron chi connectivity index (χ4n) is 1.19. The van der Waals surface area contributed by atoms with Crippen molar-refractivity contribution in [2.75, 3.05) is 5.32 Å². The molecule has 0 bridgehead atoms. The number of aliphatic hydroxyl groups is 1. The summed E-state index contributed by atoms with van der Waals surface area (Å²) in [5.41, 5.74) is 2.43. The van der Waals surface area contributed by atoms with Gasteiger partial charge >= 0.3 is 0 Å². The number of hydrogen-bond donors (Lipinski definition) is 2. The first-order valence-corrected chi connectivity index (χ1v) is 4.77. The van der Waals surface area contributed by atoms with E-state index in [1.807, 2.05) is 13.8 Å². The Bertz CT molecular complexity index is 379. The highest BCUT2D eigenvalue weighted by molar-refractivity contribution is 5.99. The smallest absolute Gasteiger partial charge is 0.248 e. The Morgan fingerprint density at radius 1 is 1.47 bits per heavy atom. The average molecular weight is 205 g/mol. The van der Waals surface area contributed by atoms with Gasteiger partial charge in [-0.1, -0.05) is 17.7 Å². The maximum absolute atomic E-state index is 11.4. The van der Waals surface area contributed by atoms with Crippen LogP contribution >= 0.6 is 0 Å². The molecule has 0 saturated carbocycles. The van der Waals surface area contributed by atoms with E-state index >= 15 is 0 Å². The Labute approximate surface area is 89.4 Å². The number of benzene rings is 1. The van der Waals surface area contributed by atoms with Crippen LogP contribution in [0.15, 0.2) is 35.9 Å². The molecule has 0 aliphatic rings. The minimum absolute atomic E-state index is 0.0215. The van der Waals surface area contributed by atoms with Crippen LogP contribution in [-0.4, -0.2) is 11.0 Å². The van der Waals surface area contributed by atoms with Crippen LogP contribution in [0.4, 0.5) is 5.69 Å². The van der Waals surface area contributed by atoms with Crippen LogP contribution in [0, 0.1) is 0 Å². The lowest BCUT2D eigenvalue weighted by atomic mass is 10.2. The molecule has 80 valence electrons. The summed E-state index contributed by atoms with van der Waals surface area (Å²) in [6.45, 7) is 3.71. The molecule has 1 rings (SSSR count). The van der Waals surface area contributed by atoms with Crippen molar-refractivity contribution in [1.82, 2.24) is 0 Å². The monoisotopic (exact) mass is 205 g/mol. The van der Waals surface area contributed by atoms with Crippen molar-refractivity contribution in [3.05, 3.63) is 41.5 Å². The Hall–Kier alpha value is -1.61. The summed E-state index contributed by atoms with van der Waals surface area (Å²) in [4.78, 5) is 11.4. The van der Waals surface area contributed by atoms with Crippen molar-refractivity contribution >= 4 is 11.6 Å². The number of anilines is 1. The third kappa shape index (κ3) is 3.95. The minimum Gasteiger partial charge on any atom is -0.392 e. The molecule has 3 nitrogen and oxygen atoms in total. The van der Waals surface area contributed by atoms with E-state index in [1.165, 1.54) is 6.08 Å². The number of nitrogens with one attached hydrogen (secondary N) is 1. The number of aliphatic hydroxyl groups excluding tert-OH is 1. The molecule has 0 heterocycles. The Balaban J connectivity index is 2.72. The Kier molecular flexibility index (Phi) is 4.06. The normalized spacial score (nSPS) is 9.53. The predicted molar refractivity (Wildman–Crippen MR) is 60.4 cm³/mol. The van der Waals surface area contributed by atoms with Gasteiger partial charge in [-0.3, -0.25) is 4.79 Å². The lowest BCUT2D eigenvalue weighted by Gasteiger charge is -2.04. The van der Waals surface area contributed by atoms with Crippen molar-refractivity contribution in [2.24, 2.45) is 0 Å². The lowest BCUT2D eigenvalue weighted by Crippen LogP contribution is -2.08. The van der Waals surface area contributed by atoms with Crippen molar-refractivity contribution in [2.45, 2.75) is 20.5 Å². The maximum Gasteiger partial charge on any atom is 0.248 e. The van der Waals surface area contributed by atoms with Gasteiger partial charge in [0.1, 0.15) is 0 Å². The van der Waals surface area contributed by atoms with E-state index in [1.54, 1.807) is 24.3 Å². The fraction of sp³-hybridized carbons (Fsp3) is 0.250. The summed E-state index contributed by atoms with van der Waals surface area (Å²) in [5.74, 6) is -0.148. The second-order valence-electron chi connectivity index (χ2n) is 3.57. The highest BCUT2D eigenvalue weighted by Gasteiger charge is 1.98. The van der Waals surface area contributed by atoms with Crippen LogP contribution in [0.2, 0.25) is 0 Å². The molecule has 0 fully saturated rings. The van der Waals surface area contributed by atoms with Crippen LogP contribution < -0.4 is 5.32 Å². The first-order chi connectivity index (χ1) is 7.11. The molecule has 0 aliphatic heterocycles. The molecular formula is C12H15NO2. The summed E-state index contributed by atoms with van der Waals surface area (Å²) in [5, 5.41) is 11.6. The highest BCUT2D eigenvalue weighted by atomic mass is 16.3. The van der Waals surface area contributed by atoms with E-state index < -0.39 is 0 Å². The number of rotatable bonds is 3. The number of amides is 1. The molecule has 3 heteroatoms. The number of allylic oxidation sites excluding steroid dienone is 1. The average Bonchev–Trinajstić information content (AvgIpc) is 2.16. The van der Waals surface area contributed by atoms with Crippen molar-refractivity contribution in [1.29, 1.82) is 0 Å². The molecule has 0 aliphatic carbocycles. The summed E-state index contributed by atoms with van der Waals surface area (Å²) in [6.07, 6.45) is 1.53. The van der Waals surface area contributed by atoms with Crippen molar-refractivity contribution in [3.8, 4) is 0 Å². The van der Waals surface area contributed by atoms with Gasteiger partial charge in [0.15, 0.2) is 0 Å². The summed E-state index contributed by atoms with van der Waals surface area (Å²) in [6, 6.07) is 7.13. The molecule has 0 aromatic heterocycles. The number of hydrogen-bond acceptors (Lipinski definition) is 2. The first kappa shape index (κ1) is 11.5. The van der Waals surface area contributed by atoms with E-state index in [0.29, 0.717) is 5.69 Å². The second-order valence-corrected chi connectivity index (χ2v) is 3.57. The zero-order valence-corrected chi connectivity index (χ0v) is 8.95. The third-order valence-electron chi connectivity index (χ3n) is 1.80. The van der Waals surface area contributed by atoms with E-state index in [4.69, 9.17) is 5.11 Å². The molecule has 1 amide bonds. The topological polar surface area (TPSA) is 49.3 Å². The van der Waals surface area contributed by atoms with Crippen LogP contribution in [0.5, 0.6) is 0 Å². The van der Waals surface area contributed by atoms with E-state index in [0.717, 1.165) is 11.1 Å². The van der Waals surface area contributed by atoms with Crippen LogP contribution in [0.1, 0.15) is 19.4 Å². The molecule has 1 aromatic carbocycles. The summed E-state index contributed by atoms with van der Waals surface area (Å²) >= 11 is 0. The molecular weight excluding hydrogens is 190 g/mol. The molecule has 0 saturated heterocycles. The van der Waals surface area contributed by atoms with Crippen molar-refractivity contribution in [3.63, 3.8) is 0 Å². The third-order valence-corrected chi connectivity index (χ3v) is 1.80. The molecule has 1 aromatic rings. The number of carbonyl (C=O) groups is 1. The van der Waals surface area contributed by atoms with Gasteiger partial charge in [-0.2, -0.15) is 0 Å². The summed E-state index contributed by atoms with van der Waals surface area (Å²) < 4.78 is 0. The molecule has 0 unspecified atom stereocenters. The van der Waals surface area contributed by atoms with E-state index in [9.17, 15) is 4.79 Å². The van der Waals surface area contributed by atoms with E-state index in [2.05, 4.69) is 5.32 Å². The molecule has 0 spiro atoms. The zero-order valence-electron chi connectivity index (χ0n) is 8.95. The molecule has 0 radical (unpaired) electrons.